The Hall–Kier alpha value is -2.08. The zero-order valence-corrected chi connectivity index (χ0v) is 12.3. The average molecular weight is 293 g/mol. The van der Waals surface area contributed by atoms with E-state index in [0.717, 1.165) is 12.0 Å². The lowest BCUT2D eigenvalue weighted by atomic mass is 10.0. The summed E-state index contributed by atoms with van der Waals surface area (Å²) >= 11 is 0. The summed E-state index contributed by atoms with van der Waals surface area (Å²) < 4.78 is 0. The van der Waals surface area contributed by atoms with E-state index in [0.29, 0.717) is 13.0 Å². The van der Waals surface area contributed by atoms with Crippen LogP contribution in [-0.4, -0.2) is 40.1 Å². The first kappa shape index (κ1) is 17.0. The molecule has 0 saturated heterocycles. The first-order chi connectivity index (χ1) is 10.1. The number of benzene rings is 1. The van der Waals surface area contributed by atoms with Crippen molar-refractivity contribution in [2.45, 2.75) is 26.3 Å². The minimum absolute atomic E-state index is 0.0853. The molecule has 0 fully saturated rings. The molecular weight excluding hydrogens is 270 g/mol. The molecular formula is C15H23N3O3. The molecule has 21 heavy (non-hydrogen) atoms. The van der Waals surface area contributed by atoms with Gasteiger partial charge in [-0.2, -0.15) is 0 Å². The van der Waals surface area contributed by atoms with Gasteiger partial charge in [0.15, 0.2) is 5.84 Å². The second-order valence-electron chi connectivity index (χ2n) is 4.84. The fourth-order valence-corrected chi connectivity index (χ4v) is 2.17. The Balaban J connectivity index is 2.89. The van der Waals surface area contributed by atoms with Crippen molar-refractivity contribution >= 4 is 11.7 Å². The zero-order valence-electron chi connectivity index (χ0n) is 12.3. The largest absolute Gasteiger partial charge is 0.409 e. The Morgan fingerprint density at radius 2 is 2.05 bits per heavy atom. The summed E-state index contributed by atoms with van der Waals surface area (Å²) in [6.07, 6.45) is 1.25. The molecule has 0 radical (unpaired) electrons. The van der Waals surface area contributed by atoms with Crippen LogP contribution in [-0.2, 0) is 11.3 Å². The summed E-state index contributed by atoms with van der Waals surface area (Å²) in [5, 5.41) is 21.0. The second-order valence-corrected chi connectivity index (χ2v) is 4.84. The Bertz CT molecular complexity index is 462. The molecule has 1 rings (SSSR count). The van der Waals surface area contributed by atoms with Crippen LogP contribution in [0.25, 0.3) is 0 Å². The minimum atomic E-state index is -0.657. The van der Waals surface area contributed by atoms with E-state index in [9.17, 15) is 4.79 Å². The Morgan fingerprint density at radius 3 is 2.57 bits per heavy atom. The van der Waals surface area contributed by atoms with E-state index in [-0.39, 0.29) is 24.9 Å². The van der Waals surface area contributed by atoms with Crippen molar-refractivity contribution in [2.24, 2.45) is 16.8 Å². The molecule has 0 aliphatic heterocycles. The number of aliphatic hydroxyl groups is 1. The number of nitrogens with two attached hydrogens (primary N) is 1. The predicted molar refractivity (Wildman–Crippen MR) is 80.8 cm³/mol. The van der Waals surface area contributed by atoms with Gasteiger partial charge in [-0.3, -0.25) is 4.79 Å². The van der Waals surface area contributed by atoms with E-state index in [2.05, 4.69) is 5.16 Å². The molecule has 0 heterocycles. The number of rotatable bonds is 8. The van der Waals surface area contributed by atoms with Crippen LogP contribution in [0.3, 0.4) is 0 Å². The van der Waals surface area contributed by atoms with Gasteiger partial charge >= 0.3 is 0 Å². The number of amides is 1. The second kappa shape index (κ2) is 8.97. The maximum Gasteiger partial charge on any atom is 0.233 e. The van der Waals surface area contributed by atoms with Crippen molar-refractivity contribution in [1.82, 2.24) is 4.90 Å². The fourth-order valence-electron chi connectivity index (χ4n) is 2.17. The van der Waals surface area contributed by atoms with Crippen LogP contribution in [0.1, 0.15) is 25.3 Å². The number of carbonyl (C=O) groups is 1. The average Bonchev–Trinajstić information content (AvgIpc) is 2.52. The third-order valence-electron chi connectivity index (χ3n) is 3.25. The first-order valence-electron chi connectivity index (χ1n) is 7.05. The first-order valence-corrected chi connectivity index (χ1v) is 7.05. The van der Waals surface area contributed by atoms with Crippen LogP contribution in [0.5, 0.6) is 0 Å². The molecule has 0 saturated carbocycles. The van der Waals surface area contributed by atoms with Gasteiger partial charge in [0.05, 0.1) is 12.5 Å². The number of aliphatic hydroxyl groups excluding tert-OH is 1. The van der Waals surface area contributed by atoms with Crippen LogP contribution >= 0.6 is 0 Å². The molecule has 1 unspecified atom stereocenters. The summed E-state index contributed by atoms with van der Waals surface area (Å²) in [5.74, 6) is -0.974. The third-order valence-corrected chi connectivity index (χ3v) is 3.25. The highest BCUT2D eigenvalue weighted by Crippen LogP contribution is 2.14. The highest BCUT2D eigenvalue weighted by atomic mass is 16.4. The van der Waals surface area contributed by atoms with Gasteiger partial charge in [-0.1, -0.05) is 48.8 Å². The van der Waals surface area contributed by atoms with Gasteiger partial charge in [0.25, 0.3) is 0 Å². The normalized spacial score (nSPS) is 13.0. The minimum Gasteiger partial charge on any atom is -0.409 e. The van der Waals surface area contributed by atoms with Gasteiger partial charge < -0.3 is 20.9 Å². The Labute approximate surface area is 124 Å². The molecule has 4 N–H and O–H groups in total. The van der Waals surface area contributed by atoms with Gasteiger partial charge in [-0.25, -0.2) is 0 Å². The van der Waals surface area contributed by atoms with E-state index < -0.39 is 5.92 Å². The van der Waals surface area contributed by atoms with Crippen molar-refractivity contribution in [3.05, 3.63) is 35.9 Å². The number of hydrogen-bond acceptors (Lipinski definition) is 4. The molecule has 6 nitrogen and oxygen atoms in total. The topological polar surface area (TPSA) is 99.2 Å². The molecule has 1 amide bonds. The van der Waals surface area contributed by atoms with Gasteiger partial charge in [-0.15, -0.1) is 0 Å². The molecule has 0 bridgehead atoms. The van der Waals surface area contributed by atoms with Gasteiger partial charge in [-0.05, 0) is 12.0 Å². The highest BCUT2D eigenvalue weighted by Gasteiger charge is 2.27. The number of carbonyl (C=O) groups excluding carboxylic acids is 1. The molecule has 0 aliphatic rings. The molecule has 0 spiro atoms. The van der Waals surface area contributed by atoms with Gasteiger partial charge in [0.1, 0.15) is 0 Å². The van der Waals surface area contributed by atoms with Crippen molar-refractivity contribution in [3.63, 3.8) is 0 Å². The zero-order chi connectivity index (χ0) is 15.7. The Morgan fingerprint density at radius 1 is 1.38 bits per heavy atom. The standard InChI is InChI=1S/C15H23N3O3/c1-2-6-13(14(16)17-21)15(20)18(9-10-19)11-12-7-4-3-5-8-12/h3-5,7-8,13,19,21H,2,6,9-11H2,1H3,(H2,16,17). The molecule has 1 aromatic carbocycles. The lowest BCUT2D eigenvalue weighted by Crippen LogP contribution is -2.42. The third kappa shape index (κ3) is 5.07. The maximum atomic E-state index is 12.6. The number of nitrogens with zero attached hydrogens (tertiary/aromatic N) is 2. The molecule has 1 aromatic rings. The van der Waals surface area contributed by atoms with Crippen molar-refractivity contribution in [2.75, 3.05) is 13.2 Å². The number of hydrogen-bond donors (Lipinski definition) is 3. The summed E-state index contributed by atoms with van der Waals surface area (Å²) in [4.78, 5) is 14.1. The van der Waals surface area contributed by atoms with Crippen molar-refractivity contribution in [3.8, 4) is 0 Å². The van der Waals surface area contributed by atoms with E-state index >= 15 is 0 Å². The van der Waals surface area contributed by atoms with E-state index in [1.54, 1.807) is 0 Å². The molecule has 0 aromatic heterocycles. The lowest BCUT2D eigenvalue weighted by molar-refractivity contribution is -0.134. The molecule has 116 valence electrons. The van der Waals surface area contributed by atoms with E-state index in [4.69, 9.17) is 16.0 Å². The molecule has 6 heteroatoms. The van der Waals surface area contributed by atoms with Crippen LogP contribution in [0.15, 0.2) is 35.5 Å². The molecule has 1 atom stereocenters. The number of amidine groups is 1. The molecule has 0 aliphatic carbocycles. The van der Waals surface area contributed by atoms with E-state index in [1.165, 1.54) is 4.90 Å². The van der Waals surface area contributed by atoms with Crippen LogP contribution < -0.4 is 5.73 Å². The van der Waals surface area contributed by atoms with Gasteiger partial charge in [0, 0.05) is 13.1 Å². The summed E-state index contributed by atoms with van der Waals surface area (Å²) in [6.45, 7) is 2.40. The quantitative estimate of drug-likeness (QED) is 0.290. The lowest BCUT2D eigenvalue weighted by Gasteiger charge is -2.26. The van der Waals surface area contributed by atoms with Crippen molar-refractivity contribution < 1.29 is 15.1 Å². The van der Waals surface area contributed by atoms with E-state index in [1.807, 2.05) is 37.3 Å². The van der Waals surface area contributed by atoms with Crippen LogP contribution in [0, 0.1) is 5.92 Å². The maximum absolute atomic E-state index is 12.6. The summed E-state index contributed by atoms with van der Waals surface area (Å²) in [6, 6.07) is 9.51. The van der Waals surface area contributed by atoms with Gasteiger partial charge in [0.2, 0.25) is 5.91 Å². The summed E-state index contributed by atoms with van der Waals surface area (Å²) in [5.41, 5.74) is 6.59. The van der Waals surface area contributed by atoms with Crippen LogP contribution in [0.4, 0.5) is 0 Å². The monoisotopic (exact) mass is 293 g/mol. The van der Waals surface area contributed by atoms with Crippen molar-refractivity contribution in [1.29, 1.82) is 0 Å². The summed E-state index contributed by atoms with van der Waals surface area (Å²) in [7, 11) is 0. The highest BCUT2D eigenvalue weighted by molar-refractivity contribution is 6.02. The predicted octanol–water partition coefficient (Wildman–Crippen LogP) is 1.17. The SMILES string of the molecule is CCCC(C(=O)N(CCO)Cc1ccccc1)C(N)=NO. The number of oxime groups is 1. The fraction of sp³-hybridized carbons (Fsp3) is 0.467. The Kier molecular flexibility index (Phi) is 7.25. The smallest absolute Gasteiger partial charge is 0.233 e. The van der Waals surface area contributed by atoms with Crippen LogP contribution in [0.2, 0.25) is 0 Å².